The lowest BCUT2D eigenvalue weighted by molar-refractivity contribution is -0.121. The van der Waals surface area contributed by atoms with Gasteiger partial charge in [-0.3, -0.25) is 4.79 Å². The molecule has 4 heteroatoms. The molecular formula is C20H23NO2S. The predicted molar refractivity (Wildman–Crippen MR) is 98.4 cm³/mol. The van der Waals surface area contributed by atoms with Crippen molar-refractivity contribution < 1.29 is 9.53 Å². The fourth-order valence-electron chi connectivity index (χ4n) is 2.98. The molecular weight excluding hydrogens is 318 g/mol. The molecule has 1 N–H and O–H groups in total. The molecule has 2 aromatic carbocycles. The van der Waals surface area contributed by atoms with Crippen LogP contribution in [0.15, 0.2) is 59.5 Å². The van der Waals surface area contributed by atoms with Crippen LogP contribution < -0.4 is 10.1 Å². The van der Waals surface area contributed by atoms with Gasteiger partial charge in [0, 0.05) is 29.1 Å². The Morgan fingerprint density at radius 1 is 1.17 bits per heavy atom. The molecule has 0 spiro atoms. The summed E-state index contributed by atoms with van der Waals surface area (Å²) in [7, 11) is 0. The number of rotatable bonds is 5. The highest BCUT2D eigenvalue weighted by Crippen LogP contribution is 2.39. The molecule has 0 fully saturated rings. The second kappa shape index (κ2) is 7.31. The van der Waals surface area contributed by atoms with Crippen molar-refractivity contribution >= 4 is 17.7 Å². The van der Waals surface area contributed by atoms with E-state index in [0.717, 1.165) is 23.5 Å². The fraction of sp³-hybridized carbons (Fsp3) is 0.350. The van der Waals surface area contributed by atoms with Crippen molar-refractivity contribution in [2.75, 3.05) is 5.75 Å². The maximum atomic E-state index is 12.4. The van der Waals surface area contributed by atoms with Crippen molar-refractivity contribution in [1.82, 2.24) is 5.32 Å². The Morgan fingerprint density at radius 2 is 1.88 bits per heavy atom. The molecule has 0 saturated carbocycles. The summed E-state index contributed by atoms with van der Waals surface area (Å²) < 4.78 is 6.01. The van der Waals surface area contributed by atoms with E-state index in [-0.39, 0.29) is 17.6 Å². The molecule has 0 bridgehead atoms. The van der Waals surface area contributed by atoms with Crippen LogP contribution in [0, 0.1) is 0 Å². The lowest BCUT2D eigenvalue weighted by atomic mass is 9.89. The van der Waals surface area contributed by atoms with Crippen LogP contribution in [-0.4, -0.2) is 17.3 Å². The molecule has 3 rings (SSSR count). The summed E-state index contributed by atoms with van der Waals surface area (Å²) in [5.41, 5.74) is 0.798. The smallest absolute Gasteiger partial charge is 0.221 e. The van der Waals surface area contributed by atoms with Gasteiger partial charge in [-0.1, -0.05) is 36.4 Å². The van der Waals surface area contributed by atoms with E-state index in [1.807, 2.05) is 42.5 Å². The summed E-state index contributed by atoms with van der Waals surface area (Å²) in [5.74, 6) is 1.75. The molecule has 0 aliphatic carbocycles. The first-order chi connectivity index (χ1) is 11.5. The van der Waals surface area contributed by atoms with Gasteiger partial charge in [-0.2, -0.15) is 0 Å². The van der Waals surface area contributed by atoms with Gasteiger partial charge in [0.05, 0.1) is 6.04 Å². The van der Waals surface area contributed by atoms with Crippen molar-refractivity contribution in [3.63, 3.8) is 0 Å². The van der Waals surface area contributed by atoms with E-state index in [1.54, 1.807) is 11.8 Å². The zero-order chi connectivity index (χ0) is 17.0. The third-order valence-electron chi connectivity index (χ3n) is 4.05. The molecule has 126 valence electrons. The summed E-state index contributed by atoms with van der Waals surface area (Å²) in [6.07, 6.45) is 1.29. The molecule has 2 aromatic rings. The van der Waals surface area contributed by atoms with Gasteiger partial charge >= 0.3 is 0 Å². The maximum Gasteiger partial charge on any atom is 0.221 e. The second-order valence-electron chi connectivity index (χ2n) is 6.64. The normalized spacial score (nSPS) is 18.3. The third kappa shape index (κ3) is 4.32. The topological polar surface area (TPSA) is 38.3 Å². The average Bonchev–Trinajstić information content (AvgIpc) is 2.55. The van der Waals surface area contributed by atoms with Gasteiger partial charge in [0.1, 0.15) is 11.4 Å². The van der Waals surface area contributed by atoms with Crippen LogP contribution >= 0.6 is 11.8 Å². The van der Waals surface area contributed by atoms with E-state index < -0.39 is 0 Å². The number of benzene rings is 2. The van der Waals surface area contributed by atoms with Crippen LogP contribution in [-0.2, 0) is 4.79 Å². The molecule has 1 heterocycles. The Kier molecular flexibility index (Phi) is 5.14. The minimum absolute atomic E-state index is 0.0131. The Morgan fingerprint density at radius 3 is 2.67 bits per heavy atom. The van der Waals surface area contributed by atoms with Gasteiger partial charge in [-0.25, -0.2) is 0 Å². The van der Waals surface area contributed by atoms with Crippen LogP contribution in [0.1, 0.15) is 38.3 Å². The zero-order valence-corrected chi connectivity index (χ0v) is 14.9. The minimum Gasteiger partial charge on any atom is -0.487 e. The van der Waals surface area contributed by atoms with E-state index in [2.05, 4.69) is 31.3 Å². The summed E-state index contributed by atoms with van der Waals surface area (Å²) >= 11 is 1.71. The number of thioether (sulfide) groups is 1. The largest absolute Gasteiger partial charge is 0.487 e. The molecule has 24 heavy (non-hydrogen) atoms. The lowest BCUT2D eigenvalue weighted by Crippen LogP contribution is -2.41. The summed E-state index contributed by atoms with van der Waals surface area (Å²) in [6.45, 7) is 4.13. The summed E-state index contributed by atoms with van der Waals surface area (Å²) in [6, 6.07) is 18.2. The van der Waals surface area contributed by atoms with E-state index in [0.29, 0.717) is 6.42 Å². The molecule has 0 radical (unpaired) electrons. The lowest BCUT2D eigenvalue weighted by Gasteiger charge is -2.37. The maximum absolute atomic E-state index is 12.4. The van der Waals surface area contributed by atoms with Gasteiger partial charge in [-0.15, -0.1) is 11.8 Å². The van der Waals surface area contributed by atoms with Gasteiger partial charge in [0.15, 0.2) is 0 Å². The zero-order valence-electron chi connectivity index (χ0n) is 14.1. The molecule has 0 saturated heterocycles. The molecule has 1 amide bonds. The number of ether oxygens (including phenoxy) is 1. The van der Waals surface area contributed by atoms with E-state index in [9.17, 15) is 4.79 Å². The highest BCUT2D eigenvalue weighted by Gasteiger charge is 2.34. The first-order valence-corrected chi connectivity index (χ1v) is 9.27. The van der Waals surface area contributed by atoms with Crippen LogP contribution in [0.2, 0.25) is 0 Å². The predicted octanol–water partition coefficient (Wildman–Crippen LogP) is 4.59. The number of hydrogen-bond donors (Lipinski definition) is 1. The molecule has 0 aromatic heterocycles. The van der Waals surface area contributed by atoms with E-state index >= 15 is 0 Å². The molecule has 1 aliphatic rings. The van der Waals surface area contributed by atoms with Crippen molar-refractivity contribution in [2.45, 2.75) is 43.2 Å². The highest BCUT2D eigenvalue weighted by molar-refractivity contribution is 7.99. The van der Waals surface area contributed by atoms with Crippen molar-refractivity contribution in [2.24, 2.45) is 0 Å². The highest BCUT2D eigenvalue weighted by atomic mass is 32.2. The Bertz CT molecular complexity index is 700. The van der Waals surface area contributed by atoms with Gasteiger partial charge in [0.25, 0.3) is 0 Å². The Balaban J connectivity index is 1.58. The fourth-order valence-corrected chi connectivity index (χ4v) is 3.85. The molecule has 1 aliphatic heterocycles. The van der Waals surface area contributed by atoms with E-state index in [1.165, 1.54) is 4.90 Å². The summed E-state index contributed by atoms with van der Waals surface area (Å²) in [4.78, 5) is 13.6. The monoisotopic (exact) mass is 341 g/mol. The Hall–Kier alpha value is -1.94. The van der Waals surface area contributed by atoms with Gasteiger partial charge in [-0.05, 0) is 32.0 Å². The quantitative estimate of drug-likeness (QED) is 0.809. The number of carbonyl (C=O) groups excluding carboxylic acids is 1. The first kappa shape index (κ1) is 16.9. The molecule has 3 nitrogen and oxygen atoms in total. The second-order valence-corrected chi connectivity index (χ2v) is 7.80. The molecule has 1 atom stereocenters. The number of hydrogen-bond acceptors (Lipinski definition) is 3. The van der Waals surface area contributed by atoms with Crippen LogP contribution in [0.3, 0.4) is 0 Å². The number of fused-ring (bicyclic) bond motifs is 1. The van der Waals surface area contributed by atoms with E-state index in [4.69, 9.17) is 4.74 Å². The first-order valence-electron chi connectivity index (χ1n) is 8.29. The third-order valence-corrected chi connectivity index (χ3v) is 5.07. The van der Waals surface area contributed by atoms with Crippen molar-refractivity contribution in [3.8, 4) is 5.75 Å². The van der Waals surface area contributed by atoms with Crippen LogP contribution in [0.4, 0.5) is 0 Å². The minimum atomic E-state index is -0.273. The SMILES string of the molecule is CC1(C)C[C@@H](NC(=O)CCSc2ccccc2)c2ccccc2O1. The van der Waals surface area contributed by atoms with Gasteiger partial charge < -0.3 is 10.1 Å². The van der Waals surface area contributed by atoms with Crippen molar-refractivity contribution in [1.29, 1.82) is 0 Å². The van der Waals surface area contributed by atoms with Crippen molar-refractivity contribution in [3.05, 3.63) is 60.2 Å². The van der Waals surface area contributed by atoms with Gasteiger partial charge in [0.2, 0.25) is 5.91 Å². The van der Waals surface area contributed by atoms with Crippen LogP contribution in [0.5, 0.6) is 5.75 Å². The summed E-state index contributed by atoms with van der Waals surface area (Å²) in [5, 5.41) is 3.18. The Labute approximate surface area is 147 Å². The number of amides is 1. The molecule has 0 unspecified atom stereocenters. The number of para-hydroxylation sites is 1. The standard InChI is InChI=1S/C20H23NO2S/c1-20(2)14-17(16-10-6-7-11-18(16)23-20)21-19(22)12-13-24-15-8-4-3-5-9-15/h3-11,17H,12-14H2,1-2H3,(H,21,22)/t17-/m1/s1. The van der Waals surface area contributed by atoms with Crippen LogP contribution in [0.25, 0.3) is 0 Å². The number of carbonyl (C=O) groups is 1. The average molecular weight is 341 g/mol. The number of nitrogens with one attached hydrogen (secondary N) is 1.